The van der Waals surface area contributed by atoms with Crippen LogP contribution in [0.1, 0.15) is 0 Å². The Morgan fingerprint density at radius 3 is 1.51 bits per heavy atom. The fourth-order valence-corrected chi connectivity index (χ4v) is 10.7. The third kappa shape index (κ3) is 5.74. The van der Waals surface area contributed by atoms with E-state index in [0.717, 1.165) is 27.8 Å². The Morgan fingerprint density at radius 1 is 0.404 bits per heavy atom. The number of fused-ring (bicyclic) bond motifs is 7. The normalized spacial score (nSPS) is 11.6. The van der Waals surface area contributed by atoms with Crippen LogP contribution in [0.2, 0.25) is 0 Å². The summed E-state index contributed by atoms with van der Waals surface area (Å²) < 4.78 is 5.01. The van der Waals surface area contributed by atoms with E-state index in [9.17, 15) is 0 Å². The van der Waals surface area contributed by atoms with Crippen molar-refractivity contribution >= 4 is 75.9 Å². The summed E-state index contributed by atoms with van der Waals surface area (Å²) in [6, 6.07) is 66.3. The highest BCUT2D eigenvalue weighted by molar-refractivity contribution is 14.1. The van der Waals surface area contributed by atoms with Crippen LogP contribution in [0.15, 0.2) is 188 Å². The first-order valence-corrected chi connectivity index (χ1v) is 20.8. The van der Waals surface area contributed by atoms with Crippen LogP contribution in [0.3, 0.4) is 0 Å². The fraction of sp³-hybridized carbons (Fsp3) is 0. The predicted octanol–water partition coefficient (Wildman–Crippen LogP) is 14.3. The van der Waals surface area contributed by atoms with Crippen LogP contribution in [-0.4, -0.2) is 19.5 Å². The van der Waals surface area contributed by atoms with Crippen molar-refractivity contribution in [2.24, 2.45) is 0 Å². The van der Waals surface area contributed by atoms with Gasteiger partial charge in [0.25, 0.3) is 0 Å². The van der Waals surface area contributed by atoms with Crippen molar-refractivity contribution in [2.45, 2.75) is 0 Å². The molecule has 0 aliphatic heterocycles. The van der Waals surface area contributed by atoms with Crippen LogP contribution < -0.4 is 0 Å². The lowest BCUT2D eigenvalue weighted by Crippen LogP contribution is -2.00. The first-order chi connectivity index (χ1) is 28.2. The molecule has 0 bridgehead atoms. The van der Waals surface area contributed by atoms with Gasteiger partial charge in [-0.05, 0) is 74.3 Å². The zero-order valence-electron chi connectivity index (χ0n) is 30.5. The van der Waals surface area contributed by atoms with Gasteiger partial charge in [-0.25, -0.2) is 15.0 Å². The molecule has 8 aromatic carbocycles. The zero-order chi connectivity index (χ0) is 37.9. The maximum atomic E-state index is 4.96. The molecule has 3 aromatic heterocycles. The maximum Gasteiger partial charge on any atom is 0.164 e. The van der Waals surface area contributed by atoms with Crippen molar-refractivity contribution in [2.75, 3.05) is 0 Å². The second-order valence-electron chi connectivity index (χ2n) is 14.1. The van der Waals surface area contributed by atoms with E-state index in [2.05, 4.69) is 155 Å². The van der Waals surface area contributed by atoms with E-state index >= 15 is 0 Å². The van der Waals surface area contributed by atoms with Crippen molar-refractivity contribution < 1.29 is 0 Å². The molecule has 3 heterocycles. The van der Waals surface area contributed by atoms with Crippen molar-refractivity contribution in [3.05, 3.63) is 192 Å². The van der Waals surface area contributed by atoms with Crippen LogP contribution in [-0.2, 0) is 0 Å². The predicted molar refractivity (Wildman–Crippen MR) is 247 cm³/mol. The van der Waals surface area contributed by atoms with Gasteiger partial charge in [-0.3, -0.25) is 0 Å². The van der Waals surface area contributed by atoms with Crippen molar-refractivity contribution in [1.82, 2.24) is 19.5 Å². The lowest BCUT2D eigenvalue weighted by atomic mass is 9.94. The molecule has 11 rings (SSSR count). The Labute approximate surface area is 346 Å². The average Bonchev–Trinajstić information content (AvgIpc) is 3.82. The summed E-state index contributed by atoms with van der Waals surface area (Å²) in [6.07, 6.45) is 0. The summed E-state index contributed by atoms with van der Waals surface area (Å²) in [5, 5.41) is 6.41. The summed E-state index contributed by atoms with van der Waals surface area (Å²) >= 11 is 4.49. The molecule has 0 amide bonds. The average molecular weight is 859 g/mol. The maximum absolute atomic E-state index is 4.96. The lowest BCUT2D eigenvalue weighted by Gasteiger charge is -2.14. The van der Waals surface area contributed by atoms with E-state index in [0.29, 0.717) is 17.5 Å². The quantitative estimate of drug-likeness (QED) is 0.156. The van der Waals surface area contributed by atoms with Gasteiger partial charge in [0.1, 0.15) is 4.83 Å². The number of rotatable bonds is 6. The monoisotopic (exact) mass is 858 g/mol. The first-order valence-electron chi connectivity index (χ1n) is 18.9. The van der Waals surface area contributed by atoms with Crippen LogP contribution in [0.25, 0.3) is 104 Å². The Balaban J connectivity index is 1.09. The molecule has 0 aliphatic carbocycles. The van der Waals surface area contributed by atoms with E-state index in [1.54, 1.807) is 0 Å². The first kappa shape index (κ1) is 33.8. The summed E-state index contributed by atoms with van der Waals surface area (Å²) in [5.41, 5.74) is 10.1. The Hall–Kier alpha value is -6.48. The number of hydrogen-bond donors (Lipinski definition) is 0. The molecule has 57 heavy (non-hydrogen) atoms. The third-order valence-electron chi connectivity index (χ3n) is 10.7. The molecule has 0 aliphatic rings. The highest BCUT2D eigenvalue weighted by Crippen LogP contribution is 2.50. The smallest absolute Gasteiger partial charge is 0.164 e. The van der Waals surface area contributed by atoms with E-state index < -0.39 is 0 Å². The number of halogens is 1. The van der Waals surface area contributed by atoms with Gasteiger partial charge in [-0.15, -0.1) is 11.3 Å². The van der Waals surface area contributed by atoms with Gasteiger partial charge < -0.3 is 4.57 Å². The minimum absolute atomic E-state index is 0.647. The van der Waals surface area contributed by atoms with E-state index in [1.165, 1.54) is 62.4 Å². The van der Waals surface area contributed by atoms with Gasteiger partial charge in [0, 0.05) is 52.4 Å². The van der Waals surface area contributed by atoms with Crippen LogP contribution in [0.5, 0.6) is 0 Å². The molecule has 0 fully saturated rings. The molecular formula is C51H31IN4S. The molecule has 0 atom stereocenters. The molecule has 11 aromatic rings. The summed E-state index contributed by atoms with van der Waals surface area (Å²) in [5.74, 6) is 1.96. The van der Waals surface area contributed by atoms with Gasteiger partial charge in [-0.2, -0.15) is 0 Å². The molecule has 4 nitrogen and oxygen atoms in total. The Bertz CT molecular complexity index is 3210. The Kier molecular flexibility index (Phi) is 8.26. The summed E-state index contributed by atoms with van der Waals surface area (Å²) in [4.78, 5) is 16.1. The molecular weight excluding hydrogens is 828 g/mol. The third-order valence-corrected chi connectivity index (χ3v) is 13.0. The zero-order valence-corrected chi connectivity index (χ0v) is 33.4. The van der Waals surface area contributed by atoms with Crippen molar-refractivity contribution in [3.8, 4) is 62.1 Å². The highest BCUT2D eigenvalue weighted by atomic mass is 127. The molecule has 0 radical (unpaired) electrons. The molecule has 0 spiro atoms. The minimum Gasteiger partial charge on any atom is -0.301 e. The van der Waals surface area contributed by atoms with Gasteiger partial charge in [0.2, 0.25) is 0 Å². The number of nitrogens with zero attached hydrogens (tertiary/aromatic N) is 4. The standard InChI is InChI=1S/C51H31IN4S/c52-46-41-31-37(32-25-27-36(28-26-32)50-54-48(34-17-7-2-8-18-34)53-49(55-50)35-19-9-3-10-20-35)29-30-39(41)44-45-40-23-13-14-24-42(40)56(38-21-11-4-12-22-38)51(45)57-47(44)43(46)33-15-5-1-6-16-33/h1-31H. The van der Waals surface area contributed by atoms with Crippen molar-refractivity contribution in [1.29, 1.82) is 0 Å². The molecule has 0 saturated carbocycles. The van der Waals surface area contributed by atoms with Crippen molar-refractivity contribution in [3.63, 3.8) is 0 Å². The highest BCUT2D eigenvalue weighted by Gasteiger charge is 2.24. The second-order valence-corrected chi connectivity index (χ2v) is 16.2. The SMILES string of the molecule is Ic1c(-c2ccccc2)c2sc3c(c4ccccc4n3-c3ccccc3)c2c2ccc(-c3ccc(-c4nc(-c5ccccc5)nc(-c5ccccc5)n4)cc3)cc12. The minimum atomic E-state index is 0.647. The number of aromatic nitrogens is 4. The number of hydrogen-bond acceptors (Lipinski definition) is 4. The van der Waals surface area contributed by atoms with Gasteiger partial charge >= 0.3 is 0 Å². The molecule has 0 unspecified atom stereocenters. The number of para-hydroxylation sites is 2. The second kappa shape index (κ2) is 13.9. The summed E-state index contributed by atoms with van der Waals surface area (Å²) in [7, 11) is 0. The largest absolute Gasteiger partial charge is 0.301 e. The van der Waals surface area contributed by atoms with Gasteiger partial charge in [0.05, 0.1) is 5.52 Å². The lowest BCUT2D eigenvalue weighted by molar-refractivity contribution is 1.07. The molecule has 0 N–H and O–H groups in total. The fourth-order valence-electron chi connectivity index (χ4n) is 8.05. The molecule has 268 valence electrons. The topological polar surface area (TPSA) is 43.6 Å². The van der Waals surface area contributed by atoms with E-state index in [4.69, 9.17) is 15.0 Å². The Morgan fingerprint density at radius 2 is 0.895 bits per heavy atom. The summed E-state index contributed by atoms with van der Waals surface area (Å²) in [6.45, 7) is 0. The van der Waals surface area contributed by atoms with Crippen LogP contribution >= 0.6 is 33.9 Å². The molecule has 6 heteroatoms. The number of thiophene rings is 1. The van der Waals surface area contributed by atoms with E-state index in [1.807, 2.05) is 72.0 Å². The van der Waals surface area contributed by atoms with Gasteiger partial charge in [0.15, 0.2) is 17.5 Å². The van der Waals surface area contributed by atoms with Crippen LogP contribution in [0, 0.1) is 3.57 Å². The van der Waals surface area contributed by atoms with Crippen LogP contribution in [0.4, 0.5) is 0 Å². The number of benzene rings is 8. The molecule has 0 saturated heterocycles. The van der Waals surface area contributed by atoms with Gasteiger partial charge in [-0.1, -0.05) is 164 Å². The van der Waals surface area contributed by atoms with E-state index in [-0.39, 0.29) is 0 Å².